The second-order valence-electron chi connectivity index (χ2n) is 9.50. The molecule has 184 valence electrons. The van der Waals surface area contributed by atoms with E-state index in [9.17, 15) is 9.18 Å². The molecule has 0 unspecified atom stereocenters. The van der Waals surface area contributed by atoms with E-state index in [0.717, 1.165) is 33.3 Å². The van der Waals surface area contributed by atoms with Crippen molar-refractivity contribution in [1.29, 1.82) is 0 Å². The van der Waals surface area contributed by atoms with Crippen molar-refractivity contribution in [2.75, 3.05) is 5.73 Å². The number of pyridine rings is 1. The van der Waals surface area contributed by atoms with Crippen LogP contribution < -0.4 is 5.73 Å². The number of nitrogen functional groups attached to an aromatic ring is 1. The van der Waals surface area contributed by atoms with Gasteiger partial charge in [0.1, 0.15) is 23.6 Å². The van der Waals surface area contributed by atoms with Crippen LogP contribution >= 0.6 is 0 Å². The van der Waals surface area contributed by atoms with Gasteiger partial charge in [0.05, 0.1) is 22.6 Å². The molecule has 0 radical (unpaired) electrons. The normalized spacial score (nSPS) is 14.5. The maximum atomic E-state index is 14.8. The molecule has 2 aromatic carbocycles. The predicted molar refractivity (Wildman–Crippen MR) is 143 cm³/mol. The zero-order chi connectivity index (χ0) is 25.8. The van der Waals surface area contributed by atoms with Crippen molar-refractivity contribution >= 4 is 33.7 Å². The van der Waals surface area contributed by atoms with Crippen LogP contribution in [0.15, 0.2) is 73.7 Å². The number of carbonyl (C=O) groups is 1. The van der Waals surface area contributed by atoms with Crippen molar-refractivity contribution in [2.24, 2.45) is 0 Å². The van der Waals surface area contributed by atoms with Gasteiger partial charge in [-0.1, -0.05) is 30.8 Å². The van der Waals surface area contributed by atoms with E-state index in [1.165, 1.54) is 24.5 Å². The first-order valence-electron chi connectivity index (χ1n) is 12.1. The minimum Gasteiger partial charge on any atom is -0.383 e. The summed E-state index contributed by atoms with van der Waals surface area (Å²) in [4.78, 5) is 28.3. The molecule has 2 N–H and O–H groups in total. The molecule has 6 rings (SSSR count). The molecule has 37 heavy (non-hydrogen) atoms. The summed E-state index contributed by atoms with van der Waals surface area (Å²) in [7, 11) is 0. The summed E-state index contributed by atoms with van der Waals surface area (Å²) >= 11 is 0. The molecule has 1 atom stereocenters. The number of aromatic nitrogens is 4. The molecule has 1 aliphatic heterocycles. The molecule has 8 heteroatoms. The Kier molecular flexibility index (Phi) is 5.26. The predicted octanol–water partition coefficient (Wildman–Crippen LogP) is 5.51. The van der Waals surface area contributed by atoms with Gasteiger partial charge in [0, 0.05) is 40.9 Å². The van der Waals surface area contributed by atoms with Gasteiger partial charge in [0.15, 0.2) is 0 Å². The van der Waals surface area contributed by atoms with E-state index >= 15 is 0 Å². The van der Waals surface area contributed by atoms with Gasteiger partial charge in [-0.3, -0.25) is 9.78 Å². The van der Waals surface area contributed by atoms with E-state index in [0.29, 0.717) is 29.0 Å². The summed E-state index contributed by atoms with van der Waals surface area (Å²) in [5.74, 6) is -0.236. The van der Waals surface area contributed by atoms with Crippen LogP contribution in [0.25, 0.3) is 44.3 Å². The van der Waals surface area contributed by atoms with Crippen molar-refractivity contribution in [3.8, 4) is 22.4 Å². The number of hydrogen-bond donors (Lipinski definition) is 1. The van der Waals surface area contributed by atoms with Gasteiger partial charge in [0.2, 0.25) is 5.91 Å². The van der Waals surface area contributed by atoms with Crippen LogP contribution in [0.1, 0.15) is 25.5 Å². The van der Waals surface area contributed by atoms with Gasteiger partial charge >= 0.3 is 0 Å². The lowest BCUT2D eigenvalue weighted by Crippen LogP contribution is -2.42. The topological polar surface area (TPSA) is 89.9 Å². The van der Waals surface area contributed by atoms with E-state index in [2.05, 4.69) is 27.6 Å². The number of anilines is 1. The molecule has 4 heterocycles. The summed E-state index contributed by atoms with van der Waals surface area (Å²) < 4.78 is 16.8. The van der Waals surface area contributed by atoms with E-state index in [4.69, 9.17) is 5.73 Å². The van der Waals surface area contributed by atoms with E-state index < -0.39 is 0 Å². The lowest BCUT2D eigenvalue weighted by Gasteiger charge is -2.39. The van der Waals surface area contributed by atoms with Crippen LogP contribution in [-0.4, -0.2) is 36.4 Å². The first-order chi connectivity index (χ1) is 17.9. The Hall–Kier alpha value is -4.59. The number of carbonyl (C=O) groups excluding carboxylic acids is 1. The van der Waals surface area contributed by atoms with E-state index in [1.54, 1.807) is 17.2 Å². The number of benzene rings is 2. The van der Waals surface area contributed by atoms with Gasteiger partial charge in [-0.05, 0) is 49.8 Å². The smallest absolute Gasteiger partial charge is 0.246 e. The highest BCUT2D eigenvalue weighted by Crippen LogP contribution is 2.49. The standard InChI is InChI=1S/C29H25FN6O/c1-4-24(37)36(16(2)3)23-14-35-27(21-12-19(30)9-10-20(21)23)25(26-28(31)33-15-34-29(26)35)18-11-17-7-5-6-8-22(17)32-13-18/h4-13,15-16,23H,1,14H2,2-3H3,(H2,31,33,34)/t23-/m1/s1. The molecule has 3 aromatic heterocycles. The number of nitrogens with zero attached hydrogens (tertiary/aromatic N) is 5. The Morgan fingerprint density at radius 3 is 2.78 bits per heavy atom. The van der Waals surface area contributed by atoms with E-state index in [-0.39, 0.29) is 23.8 Å². The van der Waals surface area contributed by atoms with Crippen molar-refractivity contribution in [3.05, 3.63) is 85.1 Å². The lowest BCUT2D eigenvalue weighted by molar-refractivity contribution is -0.130. The lowest BCUT2D eigenvalue weighted by atomic mass is 9.89. The second-order valence-corrected chi connectivity index (χ2v) is 9.50. The highest BCUT2D eigenvalue weighted by atomic mass is 19.1. The minimum absolute atomic E-state index is 0.111. The van der Waals surface area contributed by atoms with Gasteiger partial charge in [-0.2, -0.15) is 0 Å². The number of amides is 1. The third kappa shape index (κ3) is 3.48. The molecule has 0 saturated carbocycles. The summed E-state index contributed by atoms with van der Waals surface area (Å²) in [5, 5.41) is 1.65. The third-order valence-corrected chi connectivity index (χ3v) is 7.05. The van der Waals surface area contributed by atoms with Crippen molar-refractivity contribution in [3.63, 3.8) is 0 Å². The molecule has 0 bridgehead atoms. The van der Waals surface area contributed by atoms with Crippen molar-refractivity contribution < 1.29 is 9.18 Å². The van der Waals surface area contributed by atoms with Crippen LogP contribution in [-0.2, 0) is 11.3 Å². The monoisotopic (exact) mass is 492 g/mol. The van der Waals surface area contributed by atoms with Crippen LogP contribution in [0, 0.1) is 5.82 Å². The quantitative estimate of drug-likeness (QED) is 0.334. The summed E-state index contributed by atoms with van der Waals surface area (Å²) in [6.07, 6.45) is 4.55. The highest BCUT2D eigenvalue weighted by Gasteiger charge is 2.36. The number of halogens is 1. The average Bonchev–Trinajstić information content (AvgIpc) is 3.24. The fraction of sp³-hybridized carbons (Fsp3) is 0.172. The van der Waals surface area contributed by atoms with E-state index in [1.807, 2.05) is 42.7 Å². The minimum atomic E-state index is -0.371. The molecule has 0 spiro atoms. The second kappa shape index (κ2) is 8.51. The number of nitrogens with two attached hydrogens (primary N) is 1. The first kappa shape index (κ1) is 22.8. The van der Waals surface area contributed by atoms with Gasteiger partial charge in [-0.25, -0.2) is 14.4 Å². The molecule has 1 amide bonds. The molecule has 1 aliphatic rings. The molecule has 0 aliphatic carbocycles. The maximum Gasteiger partial charge on any atom is 0.246 e. The summed E-state index contributed by atoms with van der Waals surface area (Å²) in [6.45, 7) is 8.03. The molecule has 5 aromatic rings. The number of rotatable bonds is 4. The Balaban J connectivity index is 1.70. The Morgan fingerprint density at radius 1 is 1.19 bits per heavy atom. The van der Waals surface area contributed by atoms with Gasteiger partial charge in [-0.15, -0.1) is 0 Å². The van der Waals surface area contributed by atoms with Crippen LogP contribution in [0.5, 0.6) is 0 Å². The van der Waals surface area contributed by atoms with Gasteiger partial charge in [0.25, 0.3) is 0 Å². The molecular weight excluding hydrogens is 467 g/mol. The van der Waals surface area contributed by atoms with Crippen LogP contribution in [0.4, 0.5) is 10.2 Å². The maximum absolute atomic E-state index is 14.8. The Bertz CT molecular complexity index is 1720. The average molecular weight is 493 g/mol. The molecule has 0 fully saturated rings. The van der Waals surface area contributed by atoms with Crippen molar-refractivity contribution in [1.82, 2.24) is 24.4 Å². The Morgan fingerprint density at radius 2 is 2.00 bits per heavy atom. The zero-order valence-electron chi connectivity index (χ0n) is 20.5. The van der Waals surface area contributed by atoms with Crippen LogP contribution in [0.3, 0.4) is 0 Å². The fourth-order valence-corrected chi connectivity index (χ4v) is 5.55. The highest BCUT2D eigenvalue weighted by molar-refractivity contribution is 6.09. The summed E-state index contributed by atoms with van der Waals surface area (Å²) in [6, 6.07) is 14.2. The Labute approximate surface area is 213 Å². The van der Waals surface area contributed by atoms with Crippen LogP contribution in [0.2, 0.25) is 0 Å². The summed E-state index contributed by atoms with van der Waals surface area (Å²) in [5.41, 5.74) is 11.9. The zero-order valence-corrected chi connectivity index (χ0v) is 20.5. The first-order valence-corrected chi connectivity index (χ1v) is 12.1. The number of para-hydroxylation sites is 1. The van der Waals surface area contributed by atoms with Crippen molar-refractivity contribution in [2.45, 2.75) is 32.5 Å². The molecule has 7 nitrogen and oxygen atoms in total. The molecule has 0 saturated heterocycles. The fourth-order valence-electron chi connectivity index (χ4n) is 5.55. The molecular formula is C29H25FN6O. The largest absolute Gasteiger partial charge is 0.383 e. The third-order valence-electron chi connectivity index (χ3n) is 7.05. The SMILES string of the molecule is C=CC(=O)N(C(C)C)[C@@H]1Cn2c(c(-c3cnc4ccccc4c3)c3c(N)ncnc32)-c2cc(F)ccc21. The van der Waals surface area contributed by atoms with Gasteiger partial charge < -0.3 is 15.2 Å². The number of fused-ring (bicyclic) bond motifs is 6. The number of hydrogen-bond acceptors (Lipinski definition) is 5.